The molecule has 0 aliphatic carbocycles. The van der Waals surface area contributed by atoms with E-state index in [1.807, 2.05) is 6.07 Å². The molecule has 29 heavy (non-hydrogen) atoms. The Morgan fingerprint density at radius 3 is 2.66 bits per heavy atom. The fraction of sp³-hybridized carbons (Fsp3) is 0.273. The van der Waals surface area contributed by atoms with Crippen molar-refractivity contribution in [2.24, 2.45) is 0 Å². The van der Waals surface area contributed by atoms with Crippen LogP contribution in [0.5, 0.6) is 0 Å². The maximum atomic E-state index is 13.4. The highest BCUT2D eigenvalue weighted by atomic mass is 35.5. The number of hydrogen-bond donors (Lipinski definition) is 1. The van der Waals surface area contributed by atoms with Crippen LogP contribution >= 0.6 is 11.6 Å². The number of hydrogen-bond acceptors (Lipinski definition) is 4. The highest BCUT2D eigenvalue weighted by molar-refractivity contribution is 6.29. The van der Waals surface area contributed by atoms with Gasteiger partial charge in [0.2, 0.25) is 0 Å². The lowest BCUT2D eigenvalue weighted by molar-refractivity contribution is 0.0162. The molecular weight excluding hydrogens is 393 g/mol. The number of fused-ring (bicyclic) bond motifs is 1. The Morgan fingerprint density at radius 2 is 1.90 bits per heavy atom. The van der Waals surface area contributed by atoms with Gasteiger partial charge < -0.3 is 10.1 Å². The summed E-state index contributed by atoms with van der Waals surface area (Å²) < 4.78 is 18.8. The van der Waals surface area contributed by atoms with Crippen LogP contribution in [0.15, 0.2) is 54.6 Å². The molecule has 1 aliphatic heterocycles. The molecule has 1 aromatic heterocycles. The largest absolute Gasteiger partial charge is 0.379 e. The van der Waals surface area contributed by atoms with E-state index in [2.05, 4.69) is 15.2 Å². The lowest BCUT2D eigenvalue weighted by atomic mass is 10.0. The summed E-state index contributed by atoms with van der Waals surface area (Å²) in [6.45, 7) is 3.24. The Kier molecular flexibility index (Phi) is 6.04. The van der Waals surface area contributed by atoms with Gasteiger partial charge in [-0.2, -0.15) is 0 Å². The minimum absolute atomic E-state index is 0.0515. The van der Waals surface area contributed by atoms with E-state index in [4.69, 9.17) is 16.3 Å². The second-order valence-electron chi connectivity index (χ2n) is 6.97. The van der Waals surface area contributed by atoms with E-state index >= 15 is 0 Å². The van der Waals surface area contributed by atoms with Crippen LogP contribution in [0.1, 0.15) is 22.0 Å². The Hall–Kier alpha value is -2.54. The van der Waals surface area contributed by atoms with Crippen LogP contribution in [-0.4, -0.2) is 48.6 Å². The number of amides is 1. The molecule has 0 bridgehead atoms. The fourth-order valence-corrected chi connectivity index (χ4v) is 3.72. The summed E-state index contributed by atoms with van der Waals surface area (Å²) in [5.41, 5.74) is 2.26. The first-order valence-corrected chi connectivity index (χ1v) is 9.90. The van der Waals surface area contributed by atoms with Gasteiger partial charge in [-0.15, -0.1) is 0 Å². The van der Waals surface area contributed by atoms with Gasteiger partial charge in [-0.1, -0.05) is 23.7 Å². The van der Waals surface area contributed by atoms with Gasteiger partial charge in [0.25, 0.3) is 5.91 Å². The van der Waals surface area contributed by atoms with Crippen LogP contribution < -0.4 is 5.32 Å². The van der Waals surface area contributed by atoms with Crippen molar-refractivity contribution in [1.82, 2.24) is 15.2 Å². The molecule has 0 radical (unpaired) electrons. The molecule has 150 valence electrons. The fourth-order valence-electron chi connectivity index (χ4n) is 3.57. The summed E-state index contributed by atoms with van der Waals surface area (Å²) in [5, 5.41) is 4.29. The summed E-state index contributed by atoms with van der Waals surface area (Å²) >= 11 is 5.92. The first kappa shape index (κ1) is 19.8. The molecular formula is C22H21ClFN3O2. The molecule has 1 fully saturated rings. The zero-order chi connectivity index (χ0) is 20.2. The SMILES string of the molecule is O=C(NCC(c1ccc(F)cc1)N1CCOCC1)c1ccc2nc(Cl)ccc2c1. The average Bonchev–Trinajstić information content (AvgIpc) is 2.75. The van der Waals surface area contributed by atoms with Gasteiger partial charge in [0, 0.05) is 30.6 Å². The highest BCUT2D eigenvalue weighted by Crippen LogP contribution is 2.22. The number of aromatic nitrogens is 1. The number of benzene rings is 2. The molecule has 1 N–H and O–H groups in total. The van der Waals surface area contributed by atoms with Crippen molar-refractivity contribution < 1.29 is 13.9 Å². The number of halogens is 2. The number of morpholine rings is 1. The van der Waals surface area contributed by atoms with E-state index in [1.165, 1.54) is 12.1 Å². The average molecular weight is 414 g/mol. The van der Waals surface area contributed by atoms with E-state index in [1.54, 1.807) is 36.4 Å². The van der Waals surface area contributed by atoms with Crippen molar-refractivity contribution in [3.63, 3.8) is 0 Å². The monoisotopic (exact) mass is 413 g/mol. The van der Waals surface area contributed by atoms with Crippen molar-refractivity contribution in [2.75, 3.05) is 32.8 Å². The number of nitrogens with one attached hydrogen (secondary N) is 1. The molecule has 1 atom stereocenters. The predicted octanol–water partition coefficient (Wildman–Crippen LogP) is 3.83. The maximum absolute atomic E-state index is 13.4. The minimum atomic E-state index is -0.275. The molecule has 0 saturated carbocycles. The van der Waals surface area contributed by atoms with Crippen LogP contribution in [-0.2, 0) is 4.74 Å². The van der Waals surface area contributed by atoms with Crippen LogP contribution in [0.4, 0.5) is 4.39 Å². The van der Waals surface area contributed by atoms with E-state index < -0.39 is 0 Å². The number of carbonyl (C=O) groups is 1. The Labute approximate surface area is 173 Å². The van der Waals surface area contributed by atoms with Gasteiger partial charge >= 0.3 is 0 Å². The minimum Gasteiger partial charge on any atom is -0.379 e. The lowest BCUT2D eigenvalue weighted by Gasteiger charge is -2.35. The summed E-state index contributed by atoms with van der Waals surface area (Å²) in [4.78, 5) is 19.3. The standard InChI is InChI=1S/C22H21ClFN3O2/c23-21-8-4-16-13-17(3-7-19(16)26-21)22(28)25-14-20(27-9-11-29-12-10-27)15-1-5-18(24)6-2-15/h1-8,13,20H,9-12,14H2,(H,25,28). The first-order chi connectivity index (χ1) is 14.1. The molecule has 2 heterocycles. The quantitative estimate of drug-likeness (QED) is 0.646. The predicted molar refractivity (Wildman–Crippen MR) is 111 cm³/mol. The van der Waals surface area contributed by atoms with Gasteiger partial charge in [0.05, 0.1) is 24.8 Å². The number of carbonyl (C=O) groups excluding carboxylic acids is 1. The molecule has 1 amide bonds. The van der Waals surface area contributed by atoms with Gasteiger partial charge in [0.1, 0.15) is 11.0 Å². The van der Waals surface area contributed by atoms with Gasteiger partial charge in [-0.05, 0) is 48.0 Å². The van der Waals surface area contributed by atoms with Crippen LogP contribution in [0, 0.1) is 5.82 Å². The summed E-state index contributed by atoms with van der Waals surface area (Å²) in [5.74, 6) is -0.439. The number of nitrogens with zero attached hydrogens (tertiary/aromatic N) is 2. The molecule has 4 rings (SSSR count). The number of rotatable bonds is 5. The van der Waals surface area contributed by atoms with E-state index in [0.717, 1.165) is 29.6 Å². The van der Waals surface area contributed by atoms with Crippen LogP contribution in [0.3, 0.4) is 0 Å². The highest BCUT2D eigenvalue weighted by Gasteiger charge is 2.23. The van der Waals surface area contributed by atoms with Crippen LogP contribution in [0.25, 0.3) is 10.9 Å². The zero-order valence-electron chi connectivity index (χ0n) is 15.8. The molecule has 2 aromatic carbocycles. The normalized spacial score (nSPS) is 15.9. The third-order valence-electron chi connectivity index (χ3n) is 5.11. The van der Waals surface area contributed by atoms with E-state index in [0.29, 0.717) is 30.5 Å². The third-order valence-corrected chi connectivity index (χ3v) is 5.33. The van der Waals surface area contributed by atoms with Crippen molar-refractivity contribution in [1.29, 1.82) is 0 Å². The number of ether oxygens (including phenoxy) is 1. The summed E-state index contributed by atoms with van der Waals surface area (Å²) in [6.07, 6.45) is 0. The molecule has 1 aliphatic rings. The molecule has 1 unspecified atom stereocenters. The van der Waals surface area contributed by atoms with Gasteiger partial charge in [0.15, 0.2) is 0 Å². The number of pyridine rings is 1. The Morgan fingerprint density at radius 1 is 1.14 bits per heavy atom. The second kappa shape index (κ2) is 8.86. The Bertz CT molecular complexity index is 1010. The third kappa shape index (κ3) is 4.72. The van der Waals surface area contributed by atoms with Gasteiger partial charge in [-0.25, -0.2) is 9.37 Å². The van der Waals surface area contributed by atoms with Crippen molar-refractivity contribution in [2.45, 2.75) is 6.04 Å². The summed E-state index contributed by atoms with van der Waals surface area (Å²) in [7, 11) is 0. The maximum Gasteiger partial charge on any atom is 0.251 e. The summed E-state index contributed by atoms with van der Waals surface area (Å²) in [6, 6.07) is 15.3. The second-order valence-corrected chi connectivity index (χ2v) is 7.35. The van der Waals surface area contributed by atoms with Crippen LogP contribution in [0.2, 0.25) is 5.15 Å². The first-order valence-electron chi connectivity index (χ1n) is 9.52. The molecule has 7 heteroatoms. The topological polar surface area (TPSA) is 54.5 Å². The molecule has 0 spiro atoms. The van der Waals surface area contributed by atoms with Crippen molar-refractivity contribution in [3.8, 4) is 0 Å². The Balaban J connectivity index is 1.51. The van der Waals surface area contributed by atoms with E-state index in [9.17, 15) is 9.18 Å². The lowest BCUT2D eigenvalue weighted by Crippen LogP contribution is -2.43. The molecule has 5 nitrogen and oxygen atoms in total. The van der Waals surface area contributed by atoms with Gasteiger partial charge in [-0.3, -0.25) is 9.69 Å². The van der Waals surface area contributed by atoms with Crippen molar-refractivity contribution >= 4 is 28.4 Å². The molecule has 3 aromatic rings. The van der Waals surface area contributed by atoms with Crippen molar-refractivity contribution in [3.05, 3.63) is 76.7 Å². The molecule has 1 saturated heterocycles. The van der Waals surface area contributed by atoms with E-state index in [-0.39, 0.29) is 17.8 Å². The zero-order valence-corrected chi connectivity index (χ0v) is 16.5. The smallest absolute Gasteiger partial charge is 0.251 e.